The van der Waals surface area contributed by atoms with Gasteiger partial charge in [-0.15, -0.1) is 0 Å². The Hall–Kier alpha value is -3.35. The fourth-order valence-corrected chi connectivity index (χ4v) is 3.34. The predicted molar refractivity (Wildman–Crippen MR) is 109 cm³/mol. The molecular weight excluding hydrogens is 372 g/mol. The maximum absolute atomic E-state index is 12.4. The van der Waals surface area contributed by atoms with Gasteiger partial charge in [0.2, 0.25) is 5.91 Å². The molecule has 0 aliphatic carbocycles. The molecule has 1 aliphatic heterocycles. The number of nitrogens with one attached hydrogen (secondary N) is 1. The summed E-state index contributed by atoms with van der Waals surface area (Å²) in [6.07, 6.45) is 0.816. The van der Waals surface area contributed by atoms with Gasteiger partial charge in [0, 0.05) is 18.7 Å². The minimum Gasteiger partial charge on any atom is -0.495 e. The first-order valence-corrected chi connectivity index (χ1v) is 9.51. The number of rotatable bonds is 7. The third-order valence-electron chi connectivity index (χ3n) is 4.85. The van der Waals surface area contributed by atoms with Crippen LogP contribution < -0.4 is 15.0 Å². The lowest BCUT2D eigenvalue weighted by molar-refractivity contribution is -0.151. The highest BCUT2D eigenvalue weighted by Crippen LogP contribution is 2.33. The predicted octanol–water partition coefficient (Wildman–Crippen LogP) is 2.79. The molecule has 7 nitrogen and oxygen atoms in total. The molecule has 0 saturated carbocycles. The summed E-state index contributed by atoms with van der Waals surface area (Å²) in [4.78, 5) is 38.4. The fraction of sp³-hybridized carbons (Fsp3) is 0.318. The van der Waals surface area contributed by atoms with Crippen LogP contribution in [-0.2, 0) is 25.5 Å². The number of ether oxygens (including phenoxy) is 2. The second-order valence-electron chi connectivity index (χ2n) is 6.74. The van der Waals surface area contributed by atoms with E-state index < -0.39 is 24.4 Å². The molecule has 1 atom stereocenters. The van der Waals surface area contributed by atoms with Crippen molar-refractivity contribution in [1.29, 1.82) is 0 Å². The van der Waals surface area contributed by atoms with Crippen molar-refractivity contribution in [2.24, 2.45) is 5.92 Å². The number of hydrogen-bond acceptors (Lipinski definition) is 5. The number of para-hydroxylation sites is 3. The lowest BCUT2D eigenvalue weighted by Gasteiger charge is -2.19. The SMILES string of the molecule is CCc1ccccc1NC(=O)COC(=O)[C@H]1CC(=O)N(c2ccccc2OC)C1. The van der Waals surface area contributed by atoms with E-state index in [0.717, 1.165) is 12.0 Å². The summed E-state index contributed by atoms with van der Waals surface area (Å²) in [5, 5.41) is 2.76. The van der Waals surface area contributed by atoms with Crippen LogP contribution in [0.3, 0.4) is 0 Å². The molecule has 152 valence electrons. The van der Waals surface area contributed by atoms with Crippen molar-refractivity contribution in [3.63, 3.8) is 0 Å². The smallest absolute Gasteiger partial charge is 0.311 e. The number of anilines is 2. The monoisotopic (exact) mass is 396 g/mol. The number of nitrogens with zero attached hydrogens (tertiary/aromatic N) is 1. The Morgan fingerprint density at radius 3 is 2.62 bits per heavy atom. The molecule has 29 heavy (non-hydrogen) atoms. The van der Waals surface area contributed by atoms with Gasteiger partial charge in [0.15, 0.2) is 6.61 Å². The molecule has 2 amide bonds. The van der Waals surface area contributed by atoms with E-state index in [1.165, 1.54) is 12.0 Å². The van der Waals surface area contributed by atoms with Crippen molar-refractivity contribution >= 4 is 29.2 Å². The van der Waals surface area contributed by atoms with Gasteiger partial charge in [0.1, 0.15) is 5.75 Å². The lowest BCUT2D eigenvalue weighted by atomic mass is 10.1. The molecule has 1 fully saturated rings. The van der Waals surface area contributed by atoms with E-state index in [1.807, 2.05) is 31.2 Å². The summed E-state index contributed by atoms with van der Waals surface area (Å²) in [6, 6.07) is 14.6. The van der Waals surface area contributed by atoms with E-state index in [4.69, 9.17) is 9.47 Å². The van der Waals surface area contributed by atoms with Crippen LogP contribution in [0.15, 0.2) is 48.5 Å². The lowest BCUT2D eigenvalue weighted by Crippen LogP contribution is -2.28. The van der Waals surface area contributed by atoms with Gasteiger partial charge in [0.05, 0.1) is 18.7 Å². The molecule has 1 saturated heterocycles. The summed E-state index contributed by atoms with van der Waals surface area (Å²) in [6.45, 7) is 1.80. The second kappa shape index (κ2) is 9.23. The van der Waals surface area contributed by atoms with Crippen LogP contribution in [0, 0.1) is 5.92 Å². The number of amides is 2. The van der Waals surface area contributed by atoms with E-state index in [9.17, 15) is 14.4 Å². The third-order valence-corrected chi connectivity index (χ3v) is 4.85. The molecule has 1 aliphatic rings. The molecule has 0 unspecified atom stereocenters. The first-order chi connectivity index (χ1) is 14.0. The number of carbonyl (C=O) groups is 3. The van der Waals surface area contributed by atoms with E-state index in [2.05, 4.69) is 5.32 Å². The third kappa shape index (κ3) is 4.74. The Kier molecular flexibility index (Phi) is 6.49. The highest BCUT2D eigenvalue weighted by molar-refractivity contribution is 6.01. The van der Waals surface area contributed by atoms with Gasteiger partial charge in [0.25, 0.3) is 5.91 Å². The number of methoxy groups -OCH3 is 1. The van der Waals surface area contributed by atoms with Crippen molar-refractivity contribution in [2.45, 2.75) is 19.8 Å². The summed E-state index contributed by atoms with van der Waals surface area (Å²) >= 11 is 0. The largest absolute Gasteiger partial charge is 0.495 e. The molecular formula is C22H24N2O5. The molecule has 0 spiro atoms. The maximum Gasteiger partial charge on any atom is 0.311 e. The van der Waals surface area contributed by atoms with Crippen LogP contribution >= 0.6 is 0 Å². The summed E-state index contributed by atoms with van der Waals surface area (Å²) in [7, 11) is 1.53. The van der Waals surface area contributed by atoms with Crippen LogP contribution in [0.2, 0.25) is 0 Å². The summed E-state index contributed by atoms with van der Waals surface area (Å²) in [5.74, 6) is -1.22. The molecule has 3 rings (SSSR count). The van der Waals surface area contributed by atoms with Crippen molar-refractivity contribution in [2.75, 3.05) is 30.5 Å². The van der Waals surface area contributed by atoms with Crippen molar-refractivity contribution in [3.05, 3.63) is 54.1 Å². The molecule has 2 aromatic carbocycles. The highest BCUT2D eigenvalue weighted by atomic mass is 16.5. The van der Waals surface area contributed by atoms with Crippen LogP contribution in [-0.4, -0.2) is 38.0 Å². The highest BCUT2D eigenvalue weighted by Gasteiger charge is 2.37. The van der Waals surface area contributed by atoms with E-state index in [1.54, 1.807) is 24.3 Å². The van der Waals surface area contributed by atoms with Crippen LogP contribution in [0.4, 0.5) is 11.4 Å². The molecule has 1 N–H and O–H groups in total. The number of aryl methyl sites for hydroxylation is 1. The Bertz CT molecular complexity index is 912. The van der Waals surface area contributed by atoms with Crippen LogP contribution in [0.1, 0.15) is 18.9 Å². The number of esters is 1. The molecule has 0 bridgehead atoms. The quantitative estimate of drug-likeness (QED) is 0.728. The normalized spacial score (nSPS) is 15.9. The minimum absolute atomic E-state index is 0.0389. The van der Waals surface area contributed by atoms with Gasteiger partial charge < -0.3 is 19.7 Å². The van der Waals surface area contributed by atoms with Crippen LogP contribution in [0.25, 0.3) is 0 Å². The average molecular weight is 396 g/mol. The first-order valence-electron chi connectivity index (χ1n) is 9.51. The van der Waals surface area contributed by atoms with Crippen LogP contribution in [0.5, 0.6) is 5.75 Å². The van der Waals surface area contributed by atoms with E-state index in [0.29, 0.717) is 17.1 Å². The zero-order valence-corrected chi connectivity index (χ0v) is 16.5. The van der Waals surface area contributed by atoms with Crippen molar-refractivity contribution < 1.29 is 23.9 Å². The number of carbonyl (C=O) groups excluding carboxylic acids is 3. The number of hydrogen-bond donors (Lipinski definition) is 1. The topological polar surface area (TPSA) is 84.9 Å². The minimum atomic E-state index is -0.622. The zero-order chi connectivity index (χ0) is 20.8. The zero-order valence-electron chi connectivity index (χ0n) is 16.5. The molecule has 1 heterocycles. The van der Waals surface area contributed by atoms with Gasteiger partial charge in [-0.25, -0.2) is 0 Å². The van der Waals surface area contributed by atoms with Crippen molar-refractivity contribution in [1.82, 2.24) is 0 Å². The van der Waals surface area contributed by atoms with Gasteiger partial charge in [-0.1, -0.05) is 37.3 Å². The number of benzene rings is 2. The van der Waals surface area contributed by atoms with Gasteiger partial charge in [-0.2, -0.15) is 0 Å². The Labute approximate surface area is 169 Å². The van der Waals surface area contributed by atoms with Gasteiger partial charge in [-0.3, -0.25) is 14.4 Å². The van der Waals surface area contributed by atoms with Gasteiger partial charge >= 0.3 is 5.97 Å². The fourth-order valence-electron chi connectivity index (χ4n) is 3.34. The summed E-state index contributed by atoms with van der Waals surface area (Å²) in [5.41, 5.74) is 2.32. The first kappa shape index (κ1) is 20.4. The summed E-state index contributed by atoms with van der Waals surface area (Å²) < 4.78 is 10.5. The molecule has 0 radical (unpaired) electrons. The van der Waals surface area contributed by atoms with E-state index >= 15 is 0 Å². The standard InChI is InChI=1S/C22H24N2O5/c1-3-15-8-4-5-9-17(15)23-20(25)14-29-22(27)16-12-21(26)24(13-16)18-10-6-7-11-19(18)28-2/h4-11,16H,3,12-14H2,1-2H3,(H,23,25)/t16-/m0/s1. The molecule has 7 heteroatoms. The maximum atomic E-state index is 12.4. The van der Waals surface area contributed by atoms with Crippen molar-refractivity contribution in [3.8, 4) is 5.75 Å². The Balaban J connectivity index is 1.56. The average Bonchev–Trinajstić information content (AvgIpc) is 3.13. The second-order valence-corrected chi connectivity index (χ2v) is 6.74. The van der Waals surface area contributed by atoms with Gasteiger partial charge in [-0.05, 0) is 30.2 Å². The van der Waals surface area contributed by atoms with E-state index in [-0.39, 0.29) is 18.9 Å². The Morgan fingerprint density at radius 2 is 1.86 bits per heavy atom. The molecule has 2 aromatic rings. The Morgan fingerprint density at radius 1 is 1.14 bits per heavy atom. The molecule has 0 aromatic heterocycles.